The van der Waals surface area contributed by atoms with Crippen LogP contribution in [0.1, 0.15) is 13.8 Å². The van der Waals surface area contributed by atoms with Gasteiger partial charge in [0.1, 0.15) is 0 Å². The van der Waals surface area contributed by atoms with Crippen molar-refractivity contribution in [3.8, 4) is 0 Å². The van der Waals surface area contributed by atoms with Gasteiger partial charge in [-0.3, -0.25) is 0 Å². The molecule has 0 bridgehead atoms. The van der Waals surface area contributed by atoms with E-state index in [1.54, 1.807) is 0 Å². The highest BCUT2D eigenvalue weighted by molar-refractivity contribution is 7.99. The Balaban J connectivity index is 2.12. The summed E-state index contributed by atoms with van der Waals surface area (Å²) in [5.41, 5.74) is 0. The van der Waals surface area contributed by atoms with Gasteiger partial charge in [-0.15, -0.1) is 0 Å². The largest absolute Gasteiger partial charge is 0.378 e. The predicted molar refractivity (Wildman–Crippen MR) is 88.5 cm³/mol. The first kappa shape index (κ1) is 16.1. The first-order valence-corrected chi connectivity index (χ1v) is 8.61. The Morgan fingerprint density at radius 1 is 1.19 bits per heavy atom. The third-order valence-corrected chi connectivity index (χ3v) is 4.17. The molecule has 1 unspecified atom stereocenters. The van der Waals surface area contributed by atoms with Crippen LogP contribution in [0, 0.1) is 0 Å². The van der Waals surface area contributed by atoms with Gasteiger partial charge in [-0.05, 0) is 13.2 Å². The second-order valence-corrected chi connectivity index (χ2v) is 6.12. The number of morpholine rings is 1. The van der Waals surface area contributed by atoms with E-state index in [0.29, 0.717) is 36.3 Å². The summed E-state index contributed by atoms with van der Waals surface area (Å²) < 4.78 is 5.38. The average molecular weight is 312 g/mol. The van der Waals surface area contributed by atoms with Crippen molar-refractivity contribution < 1.29 is 4.74 Å². The number of anilines is 3. The van der Waals surface area contributed by atoms with Gasteiger partial charge in [0.25, 0.3) is 0 Å². The van der Waals surface area contributed by atoms with E-state index in [0.717, 1.165) is 26.2 Å². The molecule has 2 heterocycles. The average Bonchev–Trinajstić information content (AvgIpc) is 2.53. The fraction of sp³-hybridized carbons (Fsp3) is 0.769. The zero-order valence-corrected chi connectivity index (χ0v) is 13.7. The van der Waals surface area contributed by atoms with Gasteiger partial charge in [0.05, 0.1) is 13.2 Å². The Morgan fingerprint density at radius 3 is 2.48 bits per heavy atom. The van der Waals surface area contributed by atoms with Crippen molar-refractivity contribution in [3.63, 3.8) is 0 Å². The van der Waals surface area contributed by atoms with Crippen molar-refractivity contribution in [2.24, 2.45) is 0 Å². The highest BCUT2D eigenvalue weighted by Gasteiger charge is 2.16. The summed E-state index contributed by atoms with van der Waals surface area (Å²) in [5.74, 6) is 1.96. The molecule has 7 nitrogen and oxygen atoms in total. The number of hydrogen-bond donors (Lipinski definition) is 2. The highest BCUT2D eigenvalue weighted by Crippen LogP contribution is 2.15. The van der Waals surface area contributed by atoms with E-state index in [4.69, 9.17) is 4.74 Å². The van der Waals surface area contributed by atoms with E-state index in [-0.39, 0.29) is 0 Å². The van der Waals surface area contributed by atoms with Crippen molar-refractivity contribution in [3.05, 3.63) is 0 Å². The fourth-order valence-electron chi connectivity index (χ4n) is 1.90. The van der Waals surface area contributed by atoms with E-state index in [9.17, 15) is 0 Å². The quantitative estimate of drug-likeness (QED) is 0.780. The number of nitrogens with one attached hydrogen (secondary N) is 2. The molecule has 8 heteroatoms. The van der Waals surface area contributed by atoms with Gasteiger partial charge in [-0.2, -0.15) is 26.7 Å². The number of ether oxygens (including phenoxy) is 1. The second-order valence-electron chi connectivity index (χ2n) is 4.84. The molecule has 1 atom stereocenters. The zero-order chi connectivity index (χ0) is 15.1. The van der Waals surface area contributed by atoms with Crippen LogP contribution in [-0.2, 0) is 4.74 Å². The highest BCUT2D eigenvalue weighted by atomic mass is 32.2. The molecule has 0 radical (unpaired) electrons. The molecule has 1 aliphatic rings. The molecule has 2 rings (SSSR count). The van der Waals surface area contributed by atoms with Crippen molar-refractivity contribution in [2.75, 3.05) is 61.2 Å². The van der Waals surface area contributed by atoms with Crippen molar-refractivity contribution in [2.45, 2.75) is 19.1 Å². The van der Waals surface area contributed by atoms with Crippen LogP contribution in [0.5, 0.6) is 0 Å². The van der Waals surface area contributed by atoms with Crippen LogP contribution in [0.25, 0.3) is 0 Å². The van der Waals surface area contributed by atoms with Gasteiger partial charge in [-0.1, -0.05) is 6.92 Å². The summed E-state index contributed by atoms with van der Waals surface area (Å²) in [7, 11) is 0. The van der Waals surface area contributed by atoms with Crippen LogP contribution in [0.2, 0.25) is 0 Å². The number of nitrogens with zero attached hydrogens (tertiary/aromatic N) is 4. The van der Waals surface area contributed by atoms with Gasteiger partial charge < -0.3 is 20.3 Å². The fourth-order valence-corrected chi connectivity index (χ4v) is 2.15. The van der Waals surface area contributed by atoms with E-state index in [2.05, 4.69) is 43.7 Å². The molecular formula is C13H24N6OS. The second kappa shape index (κ2) is 8.23. The van der Waals surface area contributed by atoms with E-state index < -0.39 is 0 Å². The van der Waals surface area contributed by atoms with Gasteiger partial charge in [0, 0.05) is 31.4 Å². The Bertz CT molecular complexity index is 441. The molecule has 0 spiro atoms. The number of rotatable bonds is 7. The SMILES string of the molecule is CCNc1nc(NCC(C)SC)nc(N2CCOCC2)n1. The Kier molecular flexibility index (Phi) is 6.31. The summed E-state index contributed by atoms with van der Waals surface area (Å²) in [6, 6.07) is 0. The molecule has 1 aliphatic heterocycles. The van der Waals surface area contributed by atoms with Crippen LogP contribution >= 0.6 is 11.8 Å². The first-order valence-electron chi connectivity index (χ1n) is 7.32. The van der Waals surface area contributed by atoms with Crippen LogP contribution in [-0.4, -0.2) is 65.9 Å². The minimum Gasteiger partial charge on any atom is -0.378 e. The normalized spacial score (nSPS) is 16.6. The number of aromatic nitrogens is 3. The van der Waals surface area contributed by atoms with Crippen LogP contribution < -0.4 is 15.5 Å². The van der Waals surface area contributed by atoms with E-state index >= 15 is 0 Å². The van der Waals surface area contributed by atoms with Crippen molar-refractivity contribution in [1.29, 1.82) is 0 Å². The van der Waals surface area contributed by atoms with Crippen LogP contribution in [0.15, 0.2) is 0 Å². The minimum absolute atomic E-state index is 0.510. The van der Waals surface area contributed by atoms with Crippen LogP contribution in [0.4, 0.5) is 17.8 Å². The standard InChI is InChI=1S/C13H24N6OS/c1-4-14-11-16-12(15-9-10(2)21-3)18-13(17-11)19-5-7-20-8-6-19/h10H,4-9H2,1-3H3,(H2,14,15,16,17,18). The lowest BCUT2D eigenvalue weighted by Crippen LogP contribution is -2.37. The Labute approximate surface area is 130 Å². The van der Waals surface area contributed by atoms with Crippen molar-refractivity contribution >= 4 is 29.6 Å². The van der Waals surface area contributed by atoms with E-state index in [1.807, 2.05) is 18.7 Å². The predicted octanol–water partition coefficient (Wildman–Crippen LogP) is 1.30. The minimum atomic E-state index is 0.510. The monoisotopic (exact) mass is 312 g/mol. The lowest BCUT2D eigenvalue weighted by Gasteiger charge is -2.27. The van der Waals surface area contributed by atoms with Gasteiger partial charge in [0.15, 0.2) is 0 Å². The molecule has 0 aliphatic carbocycles. The summed E-state index contributed by atoms with van der Waals surface area (Å²) in [6.45, 7) is 8.88. The molecule has 1 aromatic heterocycles. The maximum Gasteiger partial charge on any atom is 0.232 e. The molecule has 1 saturated heterocycles. The number of thioether (sulfide) groups is 1. The molecule has 0 aromatic carbocycles. The van der Waals surface area contributed by atoms with Gasteiger partial charge >= 0.3 is 0 Å². The molecule has 0 amide bonds. The summed E-state index contributed by atoms with van der Waals surface area (Å²) in [6.07, 6.45) is 2.10. The molecule has 1 aromatic rings. The molecule has 0 saturated carbocycles. The molecule has 1 fully saturated rings. The van der Waals surface area contributed by atoms with E-state index in [1.165, 1.54) is 0 Å². The maximum absolute atomic E-state index is 5.38. The van der Waals surface area contributed by atoms with Gasteiger partial charge in [0.2, 0.25) is 17.8 Å². The third kappa shape index (κ3) is 4.89. The topological polar surface area (TPSA) is 75.2 Å². The van der Waals surface area contributed by atoms with Gasteiger partial charge in [-0.25, -0.2) is 0 Å². The van der Waals surface area contributed by atoms with Crippen molar-refractivity contribution in [1.82, 2.24) is 15.0 Å². The molecule has 21 heavy (non-hydrogen) atoms. The van der Waals surface area contributed by atoms with Crippen LogP contribution in [0.3, 0.4) is 0 Å². The molecule has 118 valence electrons. The summed E-state index contributed by atoms with van der Waals surface area (Å²) in [4.78, 5) is 15.6. The summed E-state index contributed by atoms with van der Waals surface area (Å²) in [5, 5.41) is 6.97. The smallest absolute Gasteiger partial charge is 0.232 e. The molecular weight excluding hydrogens is 288 g/mol. The third-order valence-electron chi connectivity index (χ3n) is 3.20. The summed E-state index contributed by atoms with van der Waals surface area (Å²) >= 11 is 1.81. The number of hydrogen-bond acceptors (Lipinski definition) is 8. The zero-order valence-electron chi connectivity index (χ0n) is 12.9. The lowest BCUT2D eigenvalue weighted by molar-refractivity contribution is 0.122. The maximum atomic E-state index is 5.38. The Hall–Kier alpha value is -1.28. The Morgan fingerprint density at radius 2 is 1.86 bits per heavy atom. The molecule has 2 N–H and O–H groups in total. The lowest BCUT2D eigenvalue weighted by atomic mass is 10.4. The first-order chi connectivity index (χ1) is 10.2.